The SMILES string of the molecule is COc1ccc(Cl)cc1N(CC(=O)NCCCSCc1ccc(C)cc1)S(=O)(=O)c1ccc(C)cc1. The number of sulfonamides is 1. The molecule has 9 heteroatoms. The number of hydrogen-bond donors (Lipinski definition) is 1. The highest BCUT2D eigenvalue weighted by Crippen LogP contribution is 2.34. The van der Waals surface area contributed by atoms with E-state index in [9.17, 15) is 13.2 Å². The Morgan fingerprint density at radius 1 is 1.00 bits per heavy atom. The Hall–Kier alpha value is -2.68. The molecule has 6 nitrogen and oxygen atoms in total. The number of nitrogens with zero attached hydrogens (tertiary/aromatic N) is 1. The van der Waals surface area contributed by atoms with Crippen LogP contribution in [-0.2, 0) is 20.6 Å². The molecule has 1 amide bonds. The van der Waals surface area contributed by atoms with Gasteiger partial charge in [-0.3, -0.25) is 9.10 Å². The highest BCUT2D eigenvalue weighted by Gasteiger charge is 2.29. The molecule has 36 heavy (non-hydrogen) atoms. The Bertz CT molecular complexity index is 1260. The molecule has 192 valence electrons. The standard InChI is InChI=1S/C27H31ClN2O4S2/c1-20-5-9-22(10-6-20)19-35-16-4-15-29-27(31)18-30(25-17-23(28)11-14-26(25)34-3)36(32,33)24-12-7-21(2)8-13-24/h5-14,17H,4,15-16,18-19H2,1-3H3,(H,29,31). The van der Waals surface area contributed by atoms with E-state index >= 15 is 0 Å². The van der Waals surface area contributed by atoms with Crippen LogP contribution >= 0.6 is 23.4 Å². The van der Waals surface area contributed by atoms with Crippen LogP contribution in [0.1, 0.15) is 23.1 Å². The molecule has 0 heterocycles. The van der Waals surface area contributed by atoms with E-state index in [0.717, 1.165) is 27.8 Å². The molecule has 3 aromatic carbocycles. The van der Waals surface area contributed by atoms with E-state index in [1.807, 2.05) is 6.92 Å². The van der Waals surface area contributed by atoms with Crippen LogP contribution in [0.4, 0.5) is 5.69 Å². The van der Waals surface area contributed by atoms with Crippen LogP contribution < -0.4 is 14.4 Å². The van der Waals surface area contributed by atoms with Gasteiger partial charge in [0.2, 0.25) is 5.91 Å². The largest absolute Gasteiger partial charge is 0.495 e. The van der Waals surface area contributed by atoms with E-state index < -0.39 is 22.5 Å². The first-order valence-corrected chi connectivity index (χ1v) is 14.5. The zero-order valence-electron chi connectivity index (χ0n) is 20.7. The van der Waals surface area contributed by atoms with Crippen molar-refractivity contribution in [3.63, 3.8) is 0 Å². The Morgan fingerprint density at radius 2 is 1.64 bits per heavy atom. The Kier molecular flexibility index (Phi) is 10.1. The number of ether oxygens (including phenoxy) is 1. The van der Waals surface area contributed by atoms with Crippen LogP contribution in [0.15, 0.2) is 71.6 Å². The number of halogens is 1. The van der Waals surface area contributed by atoms with Crippen molar-refractivity contribution in [1.29, 1.82) is 0 Å². The third-order valence-corrected chi connectivity index (χ3v) is 8.61. The minimum atomic E-state index is -4.06. The first-order valence-electron chi connectivity index (χ1n) is 11.5. The molecule has 0 spiro atoms. The van der Waals surface area contributed by atoms with Crippen molar-refractivity contribution in [3.05, 3.63) is 88.4 Å². The van der Waals surface area contributed by atoms with Crippen LogP contribution in [0.2, 0.25) is 5.02 Å². The minimum Gasteiger partial charge on any atom is -0.495 e. The van der Waals surface area contributed by atoms with Crippen molar-refractivity contribution < 1.29 is 17.9 Å². The van der Waals surface area contributed by atoms with Gasteiger partial charge in [-0.25, -0.2) is 8.42 Å². The van der Waals surface area contributed by atoms with E-state index in [-0.39, 0.29) is 10.6 Å². The number of rotatable bonds is 12. The van der Waals surface area contributed by atoms with Gasteiger partial charge in [0.05, 0.1) is 17.7 Å². The van der Waals surface area contributed by atoms with Crippen molar-refractivity contribution in [3.8, 4) is 5.75 Å². The molecule has 3 aromatic rings. The maximum atomic E-state index is 13.6. The average Bonchev–Trinajstić information content (AvgIpc) is 2.86. The molecule has 0 saturated heterocycles. The number of aryl methyl sites for hydroxylation is 2. The second-order valence-corrected chi connectivity index (χ2v) is 11.8. The number of amides is 1. The summed E-state index contributed by atoms with van der Waals surface area (Å²) >= 11 is 7.97. The van der Waals surface area contributed by atoms with Crippen LogP contribution in [0.25, 0.3) is 0 Å². The fourth-order valence-electron chi connectivity index (χ4n) is 3.46. The molecule has 0 atom stereocenters. The third-order valence-electron chi connectivity index (χ3n) is 5.48. The van der Waals surface area contributed by atoms with E-state index in [1.165, 1.54) is 36.4 Å². The van der Waals surface area contributed by atoms with Gasteiger partial charge in [0.1, 0.15) is 12.3 Å². The maximum absolute atomic E-state index is 13.6. The lowest BCUT2D eigenvalue weighted by Crippen LogP contribution is -2.41. The van der Waals surface area contributed by atoms with E-state index in [2.05, 4.69) is 36.5 Å². The number of anilines is 1. The number of hydrogen-bond acceptors (Lipinski definition) is 5. The molecule has 0 aliphatic carbocycles. The lowest BCUT2D eigenvalue weighted by molar-refractivity contribution is -0.119. The Morgan fingerprint density at radius 3 is 2.28 bits per heavy atom. The van der Waals surface area contributed by atoms with E-state index in [0.29, 0.717) is 17.3 Å². The summed E-state index contributed by atoms with van der Waals surface area (Å²) in [6.07, 6.45) is 0.771. The first kappa shape index (κ1) is 27.9. The molecule has 0 saturated carbocycles. The maximum Gasteiger partial charge on any atom is 0.264 e. The van der Waals surface area contributed by atoms with Gasteiger partial charge < -0.3 is 10.1 Å². The van der Waals surface area contributed by atoms with E-state index in [4.69, 9.17) is 16.3 Å². The summed E-state index contributed by atoms with van der Waals surface area (Å²) in [4.78, 5) is 12.9. The molecular formula is C27H31ClN2O4S2. The van der Waals surface area contributed by atoms with Crippen LogP contribution in [-0.4, -0.2) is 40.3 Å². The fourth-order valence-corrected chi connectivity index (χ4v) is 5.97. The highest BCUT2D eigenvalue weighted by molar-refractivity contribution is 7.98. The summed E-state index contributed by atoms with van der Waals surface area (Å²) < 4.78 is 33.6. The van der Waals surface area contributed by atoms with Crippen molar-refractivity contribution >= 4 is 45.0 Å². The average molecular weight is 547 g/mol. The number of methoxy groups -OCH3 is 1. The summed E-state index contributed by atoms with van der Waals surface area (Å²) in [5.74, 6) is 1.68. The molecule has 3 rings (SSSR count). The van der Waals surface area contributed by atoms with Gasteiger partial charge in [0, 0.05) is 17.3 Å². The van der Waals surface area contributed by atoms with Gasteiger partial charge in [-0.15, -0.1) is 0 Å². The van der Waals surface area contributed by atoms with Crippen LogP contribution in [0.3, 0.4) is 0 Å². The Balaban J connectivity index is 1.66. The van der Waals surface area contributed by atoms with Crippen molar-refractivity contribution in [2.24, 2.45) is 0 Å². The molecule has 0 aliphatic rings. The van der Waals surface area contributed by atoms with Crippen molar-refractivity contribution in [2.45, 2.75) is 30.9 Å². The molecular weight excluding hydrogens is 516 g/mol. The molecule has 0 bridgehead atoms. The Labute approximate surface area is 223 Å². The van der Waals surface area contributed by atoms with Gasteiger partial charge in [-0.05, 0) is 61.9 Å². The second-order valence-electron chi connectivity index (χ2n) is 8.38. The van der Waals surface area contributed by atoms with Crippen LogP contribution in [0.5, 0.6) is 5.75 Å². The quantitative estimate of drug-likeness (QED) is 0.299. The van der Waals surface area contributed by atoms with Gasteiger partial charge in [0.15, 0.2) is 0 Å². The normalized spacial score (nSPS) is 11.2. The molecule has 0 aliphatic heterocycles. The zero-order valence-corrected chi connectivity index (χ0v) is 23.0. The van der Waals surface area contributed by atoms with Gasteiger partial charge in [0.25, 0.3) is 10.0 Å². The van der Waals surface area contributed by atoms with Gasteiger partial charge in [-0.1, -0.05) is 59.1 Å². The highest BCUT2D eigenvalue weighted by atomic mass is 35.5. The van der Waals surface area contributed by atoms with E-state index in [1.54, 1.807) is 36.0 Å². The third kappa shape index (κ3) is 7.66. The van der Waals surface area contributed by atoms with Gasteiger partial charge in [-0.2, -0.15) is 11.8 Å². The number of benzene rings is 3. The monoisotopic (exact) mass is 546 g/mol. The molecule has 0 radical (unpaired) electrons. The first-order chi connectivity index (χ1) is 17.2. The molecule has 0 unspecified atom stereocenters. The number of thioether (sulfide) groups is 1. The predicted octanol–water partition coefficient (Wildman–Crippen LogP) is 5.60. The summed E-state index contributed by atoms with van der Waals surface area (Å²) in [7, 11) is -2.62. The van der Waals surface area contributed by atoms with Crippen molar-refractivity contribution in [1.82, 2.24) is 5.32 Å². The summed E-state index contributed by atoms with van der Waals surface area (Å²) in [6, 6.07) is 19.6. The zero-order chi connectivity index (χ0) is 26.1. The summed E-state index contributed by atoms with van der Waals surface area (Å²) in [5.41, 5.74) is 3.63. The molecule has 0 fully saturated rings. The number of nitrogens with one attached hydrogen (secondary N) is 1. The molecule has 1 N–H and O–H groups in total. The lowest BCUT2D eigenvalue weighted by atomic mass is 10.2. The minimum absolute atomic E-state index is 0.0791. The van der Waals surface area contributed by atoms with Crippen molar-refractivity contribution in [2.75, 3.05) is 30.3 Å². The second kappa shape index (κ2) is 13.0. The number of carbonyl (C=O) groups is 1. The summed E-state index contributed by atoms with van der Waals surface area (Å²) in [5, 5.41) is 3.18. The fraction of sp³-hybridized carbons (Fsp3) is 0.296. The van der Waals surface area contributed by atoms with Gasteiger partial charge >= 0.3 is 0 Å². The van der Waals surface area contributed by atoms with Crippen LogP contribution in [0, 0.1) is 13.8 Å². The molecule has 0 aromatic heterocycles. The predicted molar refractivity (Wildman–Crippen MR) is 149 cm³/mol. The number of carbonyl (C=O) groups excluding carboxylic acids is 1. The smallest absolute Gasteiger partial charge is 0.264 e. The lowest BCUT2D eigenvalue weighted by Gasteiger charge is -2.26. The topological polar surface area (TPSA) is 75.7 Å². The summed E-state index contributed by atoms with van der Waals surface area (Å²) in [6.45, 7) is 3.99.